The number of carboxylic acid groups (broad SMARTS) is 1. The highest BCUT2D eigenvalue weighted by molar-refractivity contribution is 9.10. The summed E-state index contributed by atoms with van der Waals surface area (Å²) in [6.07, 6.45) is 0. The molecule has 88 valence electrons. The van der Waals surface area contributed by atoms with Gasteiger partial charge in [-0.3, -0.25) is 4.68 Å². The van der Waals surface area contributed by atoms with E-state index in [-0.39, 0.29) is 5.69 Å². The molecule has 1 aromatic carbocycles. The van der Waals surface area contributed by atoms with Gasteiger partial charge in [0.1, 0.15) is 0 Å². The third-order valence-corrected chi connectivity index (χ3v) is 2.97. The van der Waals surface area contributed by atoms with Crippen LogP contribution in [-0.2, 0) is 6.54 Å². The molecule has 0 amide bonds. The first-order valence-corrected chi connectivity index (χ1v) is 5.88. The number of hydrogen-bond donors (Lipinski definition) is 1. The van der Waals surface area contributed by atoms with Gasteiger partial charge in [0.05, 0.1) is 6.54 Å². The molecule has 0 aliphatic rings. The second-order valence-electron chi connectivity index (χ2n) is 3.76. The van der Waals surface area contributed by atoms with E-state index >= 15 is 0 Å². The molecule has 0 spiro atoms. The minimum Gasteiger partial charge on any atom is -0.476 e. The zero-order valence-corrected chi connectivity index (χ0v) is 10.8. The zero-order chi connectivity index (χ0) is 12.4. The molecule has 2 aromatic rings. The maximum absolute atomic E-state index is 10.8. The second-order valence-corrected chi connectivity index (χ2v) is 4.68. The lowest BCUT2D eigenvalue weighted by Crippen LogP contribution is -2.05. The van der Waals surface area contributed by atoms with E-state index in [0.717, 1.165) is 15.7 Å². The first-order chi connectivity index (χ1) is 8.06. The molecule has 0 aliphatic heterocycles. The van der Waals surface area contributed by atoms with E-state index in [1.165, 1.54) is 0 Å². The summed E-state index contributed by atoms with van der Waals surface area (Å²) in [6.45, 7) is 2.42. The van der Waals surface area contributed by atoms with Crippen LogP contribution in [0, 0.1) is 6.92 Å². The van der Waals surface area contributed by atoms with Crippen molar-refractivity contribution >= 4 is 21.9 Å². The summed E-state index contributed by atoms with van der Waals surface area (Å²) in [5, 5.41) is 12.9. The van der Waals surface area contributed by atoms with Gasteiger partial charge in [-0.05, 0) is 30.7 Å². The van der Waals surface area contributed by atoms with Crippen LogP contribution in [0.2, 0.25) is 0 Å². The molecule has 17 heavy (non-hydrogen) atoms. The fraction of sp³-hybridized carbons (Fsp3) is 0.167. The number of nitrogens with zero attached hydrogens (tertiary/aromatic N) is 2. The van der Waals surface area contributed by atoms with Crippen LogP contribution in [0.4, 0.5) is 0 Å². The van der Waals surface area contributed by atoms with E-state index in [4.69, 9.17) is 5.11 Å². The number of benzene rings is 1. The minimum absolute atomic E-state index is 0.0830. The predicted molar refractivity (Wildman–Crippen MR) is 67.2 cm³/mol. The van der Waals surface area contributed by atoms with Crippen molar-refractivity contribution < 1.29 is 9.90 Å². The Labute approximate surface area is 107 Å². The van der Waals surface area contributed by atoms with Crippen molar-refractivity contribution in [3.05, 3.63) is 51.8 Å². The fourth-order valence-corrected chi connectivity index (χ4v) is 1.80. The smallest absolute Gasteiger partial charge is 0.356 e. The van der Waals surface area contributed by atoms with Gasteiger partial charge in [-0.2, -0.15) is 5.10 Å². The van der Waals surface area contributed by atoms with E-state index in [9.17, 15) is 4.79 Å². The number of aromatic nitrogens is 2. The van der Waals surface area contributed by atoms with Crippen LogP contribution in [0.1, 0.15) is 21.7 Å². The number of carbonyl (C=O) groups is 1. The van der Waals surface area contributed by atoms with Crippen molar-refractivity contribution in [2.45, 2.75) is 13.5 Å². The SMILES string of the molecule is Cc1cc(C(=O)O)nn1Cc1ccc(Br)cc1. The molecule has 1 aromatic heterocycles. The highest BCUT2D eigenvalue weighted by Gasteiger charge is 2.10. The van der Waals surface area contributed by atoms with Gasteiger partial charge in [-0.15, -0.1) is 0 Å². The topological polar surface area (TPSA) is 55.1 Å². The number of aromatic carboxylic acids is 1. The summed E-state index contributed by atoms with van der Waals surface area (Å²) in [5.74, 6) is -0.998. The number of aryl methyl sites for hydroxylation is 1. The largest absolute Gasteiger partial charge is 0.476 e. The molecule has 0 radical (unpaired) electrons. The van der Waals surface area contributed by atoms with Crippen molar-refractivity contribution in [1.82, 2.24) is 9.78 Å². The molecule has 0 saturated carbocycles. The van der Waals surface area contributed by atoms with Gasteiger partial charge in [0.15, 0.2) is 5.69 Å². The summed E-state index contributed by atoms with van der Waals surface area (Å²) in [6, 6.07) is 9.43. The molecule has 4 nitrogen and oxygen atoms in total. The number of halogens is 1. The Kier molecular flexibility index (Phi) is 3.28. The molecular weight excluding hydrogens is 284 g/mol. The third kappa shape index (κ3) is 2.74. The molecule has 5 heteroatoms. The lowest BCUT2D eigenvalue weighted by atomic mass is 10.2. The maximum Gasteiger partial charge on any atom is 0.356 e. The van der Waals surface area contributed by atoms with Gasteiger partial charge in [-0.25, -0.2) is 4.79 Å². The number of rotatable bonds is 3. The van der Waals surface area contributed by atoms with Crippen molar-refractivity contribution in [3.8, 4) is 0 Å². The number of carboxylic acids is 1. The Morgan fingerprint density at radius 1 is 1.41 bits per heavy atom. The van der Waals surface area contributed by atoms with Crippen LogP contribution >= 0.6 is 15.9 Å². The average Bonchev–Trinajstić information content (AvgIpc) is 2.64. The summed E-state index contributed by atoms with van der Waals surface area (Å²) >= 11 is 3.37. The maximum atomic E-state index is 10.8. The Hall–Kier alpha value is -1.62. The van der Waals surface area contributed by atoms with Gasteiger partial charge < -0.3 is 5.11 Å². The van der Waals surface area contributed by atoms with E-state index in [1.807, 2.05) is 31.2 Å². The van der Waals surface area contributed by atoms with Crippen LogP contribution in [0.25, 0.3) is 0 Å². The van der Waals surface area contributed by atoms with Crippen LogP contribution < -0.4 is 0 Å². The van der Waals surface area contributed by atoms with Crippen LogP contribution in [-0.4, -0.2) is 20.9 Å². The highest BCUT2D eigenvalue weighted by atomic mass is 79.9. The van der Waals surface area contributed by atoms with Gasteiger partial charge in [0.25, 0.3) is 0 Å². The summed E-state index contributed by atoms with van der Waals surface area (Å²) in [5.41, 5.74) is 2.00. The fourth-order valence-electron chi connectivity index (χ4n) is 1.54. The minimum atomic E-state index is -0.998. The summed E-state index contributed by atoms with van der Waals surface area (Å²) in [7, 11) is 0. The monoisotopic (exact) mass is 294 g/mol. The molecule has 0 fully saturated rings. The van der Waals surface area contributed by atoms with Crippen LogP contribution in [0.3, 0.4) is 0 Å². The molecular formula is C12H11BrN2O2. The molecule has 0 atom stereocenters. The first kappa shape index (κ1) is 11.9. The highest BCUT2D eigenvalue weighted by Crippen LogP contribution is 2.12. The van der Waals surface area contributed by atoms with Crippen molar-refractivity contribution in [1.29, 1.82) is 0 Å². The predicted octanol–water partition coefficient (Wildman–Crippen LogP) is 2.70. The molecule has 0 unspecified atom stereocenters. The van der Waals surface area contributed by atoms with E-state index in [2.05, 4.69) is 21.0 Å². The molecule has 2 rings (SSSR count). The quantitative estimate of drug-likeness (QED) is 0.947. The molecule has 0 aliphatic carbocycles. The van der Waals surface area contributed by atoms with Gasteiger partial charge in [0, 0.05) is 10.2 Å². The van der Waals surface area contributed by atoms with E-state index in [1.54, 1.807) is 10.7 Å². The number of hydrogen-bond acceptors (Lipinski definition) is 2. The van der Waals surface area contributed by atoms with E-state index in [0.29, 0.717) is 6.54 Å². The van der Waals surface area contributed by atoms with Crippen molar-refractivity contribution in [2.75, 3.05) is 0 Å². The Bertz CT molecular complexity index is 546. The third-order valence-electron chi connectivity index (χ3n) is 2.45. The Balaban J connectivity index is 2.24. The average molecular weight is 295 g/mol. The molecule has 0 bridgehead atoms. The van der Waals surface area contributed by atoms with Gasteiger partial charge >= 0.3 is 5.97 Å². The second kappa shape index (κ2) is 4.71. The summed E-state index contributed by atoms with van der Waals surface area (Å²) < 4.78 is 2.71. The summed E-state index contributed by atoms with van der Waals surface area (Å²) in [4.78, 5) is 10.8. The van der Waals surface area contributed by atoms with Gasteiger partial charge in [0.2, 0.25) is 0 Å². The van der Waals surface area contributed by atoms with Crippen LogP contribution in [0.5, 0.6) is 0 Å². The van der Waals surface area contributed by atoms with Crippen molar-refractivity contribution in [2.24, 2.45) is 0 Å². The normalized spacial score (nSPS) is 10.5. The van der Waals surface area contributed by atoms with E-state index < -0.39 is 5.97 Å². The standard InChI is InChI=1S/C12H11BrN2O2/c1-8-6-11(12(16)17)14-15(8)7-9-2-4-10(13)5-3-9/h2-6H,7H2,1H3,(H,16,17). The molecule has 1 heterocycles. The van der Waals surface area contributed by atoms with Gasteiger partial charge in [-0.1, -0.05) is 28.1 Å². The lowest BCUT2D eigenvalue weighted by molar-refractivity contribution is 0.0689. The first-order valence-electron chi connectivity index (χ1n) is 5.08. The van der Waals surface area contributed by atoms with Crippen LogP contribution in [0.15, 0.2) is 34.8 Å². The molecule has 1 N–H and O–H groups in total. The Morgan fingerprint density at radius 2 is 2.06 bits per heavy atom. The lowest BCUT2D eigenvalue weighted by Gasteiger charge is -2.04. The van der Waals surface area contributed by atoms with Crippen molar-refractivity contribution in [3.63, 3.8) is 0 Å². The zero-order valence-electron chi connectivity index (χ0n) is 9.22. The Morgan fingerprint density at radius 3 is 2.59 bits per heavy atom. The molecule has 0 saturated heterocycles.